The van der Waals surface area contributed by atoms with Crippen LogP contribution in [0, 0.1) is 0 Å². The molecule has 0 amide bonds. The van der Waals surface area contributed by atoms with Gasteiger partial charge in [0.1, 0.15) is 23.9 Å². The van der Waals surface area contributed by atoms with E-state index in [2.05, 4.69) is 4.98 Å². The quantitative estimate of drug-likeness (QED) is 0.443. The molecule has 3 rings (SSSR count). The molecule has 5 heteroatoms. The summed E-state index contributed by atoms with van der Waals surface area (Å²) in [5.41, 5.74) is 1.56. The number of allylic oxidation sites excluding steroid dienone is 1. The molecule has 0 aliphatic carbocycles. The second kappa shape index (κ2) is 8.85. The second-order valence-electron chi connectivity index (χ2n) is 5.97. The Labute approximate surface area is 158 Å². The summed E-state index contributed by atoms with van der Waals surface area (Å²) in [4.78, 5) is 16.5. The van der Waals surface area contributed by atoms with E-state index >= 15 is 0 Å². The summed E-state index contributed by atoms with van der Waals surface area (Å²) in [7, 11) is 1.92. The SMILES string of the molecule is CCOc1ccc(/C=C/C(=O)c2ccc(OCc3nccn3C)cc2)cc1. The van der Waals surface area contributed by atoms with E-state index in [9.17, 15) is 4.79 Å². The van der Waals surface area contributed by atoms with Crippen molar-refractivity contribution in [3.05, 3.63) is 84.0 Å². The summed E-state index contributed by atoms with van der Waals surface area (Å²) < 4.78 is 13.0. The molecule has 0 aliphatic heterocycles. The molecule has 1 heterocycles. The highest BCUT2D eigenvalue weighted by Gasteiger charge is 2.04. The van der Waals surface area contributed by atoms with Crippen molar-refractivity contribution in [1.29, 1.82) is 0 Å². The fourth-order valence-corrected chi connectivity index (χ4v) is 2.51. The normalized spacial score (nSPS) is 10.9. The van der Waals surface area contributed by atoms with Crippen LogP contribution in [0.25, 0.3) is 6.08 Å². The molecule has 0 bridgehead atoms. The molecule has 0 saturated heterocycles. The molecule has 3 aromatic rings. The fourth-order valence-electron chi connectivity index (χ4n) is 2.51. The maximum absolute atomic E-state index is 12.3. The molecule has 1 aromatic heterocycles. The van der Waals surface area contributed by atoms with Gasteiger partial charge in [0, 0.05) is 25.0 Å². The molecule has 27 heavy (non-hydrogen) atoms. The van der Waals surface area contributed by atoms with E-state index < -0.39 is 0 Å². The van der Waals surface area contributed by atoms with Crippen molar-refractivity contribution in [2.45, 2.75) is 13.5 Å². The number of ketones is 1. The Bertz CT molecular complexity index is 909. The third kappa shape index (κ3) is 5.07. The van der Waals surface area contributed by atoms with Crippen molar-refractivity contribution in [2.24, 2.45) is 7.05 Å². The second-order valence-corrected chi connectivity index (χ2v) is 5.97. The highest BCUT2D eigenvalue weighted by molar-refractivity contribution is 6.06. The zero-order valence-corrected chi connectivity index (χ0v) is 15.5. The summed E-state index contributed by atoms with van der Waals surface area (Å²) in [6.45, 7) is 2.96. The van der Waals surface area contributed by atoms with Crippen molar-refractivity contribution in [3.8, 4) is 11.5 Å². The predicted octanol–water partition coefficient (Wildman–Crippen LogP) is 4.29. The molecule has 0 aliphatic rings. The Balaban J connectivity index is 1.57. The van der Waals surface area contributed by atoms with E-state index in [-0.39, 0.29) is 5.78 Å². The molecule has 5 nitrogen and oxygen atoms in total. The van der Waals surface area contributed by atoms with Crippen LogP contribution in [0.5, 0.6) is 11.5 Å². The minimum Gasteiger partial charge on any atom is -0.494 e. The standard InChI is InChI=1S/C22H22N2O3/c1-3-26-19-9-4-17(5-10-19)6-13-21(25)18-7-11-20(12-8-18)27-16-22-23-14-15-24(22)2/h4-15H,3,16H2,1-2H3/b13-6+. The van der Waals surface area contributed by atoms with Crippen LogP contribution in [0.2, 0.25) is 0 Å². The minimum atomic E-state index is -0.0560. The largest absolute Gasteiger partial charge is 0.494 e. The number of nitrogens with zero attached hydrogens (tertiary/aromatic N) is 2. The molecule has 0 unspecified atom stereocenters. The van der Waals surface area contributed by atoms with Crippen LogP contribution in [-0.2, 0) is 13.7 Å². The van der Waals surface area contributed by atoms with Gasteiger partial charge in [-0.2, -0.15) is 0 Å². The number of aromatic nitrogens is 2. The first-order chi connectivity index (χ1) is 13.2. The average molecular weight is 362 g/mol. The van der Waals surface area contributed by atoms with E-state index in [1.54, 1.807) is 42.6 Å². The smallest absolute Gasteiger partial charge is 0.185 e. The molecule has 0 spiro atoms. The highest BCUT2D eigenvalue weighted by atomic mass is 16.5. The summed E-state index contributed by atoms with van der Waals surface area (Å²) in [6.07, 6.45) is 6.97. The number of ether oxygens (including phenoxy) is 2. The number of hydrogen-bond acceptors (Lipinski definition) is 4. The van der Waals surface area contributed by atoms with Crippen molar-refractivity contribution < 1.29 is 14.3 Å². The van der Waals surface area contributed by atoms with Gasteiger partial charge >= 0.3 is 0 Å². The molecule has 0 atom stereocenters. The number of aryl methyl sites for hydroxylation is 1. The molecular formula is C22H22N2O3. The maximum atomic E-state index is 12.3. The molecule has 0 saturated carbocycles. The van der Waals surface area contributed by atoms with Gasteiger partial charge in [-0.25, -0.2) is 4.98 Å². The van der Waals surface area contributed by atoms with Gasteiger partial charge in [-0.1, -0.05) is 18.2 Å². The van der Waals surface area contributed by atoms with E-state index in [0.29, 0.717) is 24.5 Å². The Morgan fingerprint density at radius 3 is 2.33 bits per heavy atom. The topological polar surface area (TPSA) is 53.4 Å². The molecule has 0 fully saturated rings. The van der Waals surface area contributed by atoms with E-state index in [4.69, 9.17) is 9.47 Å². The third-order valence-corrected chi connectivity index (χ3v) is 4.05. The number of imidazole rings is 1. The van der Waals surface area contributed by atoms with Gasteiger partial charge < -0.3 is 14.0 Å². The Morgan fingerprint density at radius 1 is 1.04 bits per heavy atom. The van der Waals surface area contributed by atoms with Gasteiger partial charge in [0.05, 0.1) is 6.61 Å². The number of carbonyl (C=O) groups is 1. The summed E-state index contributed by atoms with van der Waals surface area (Å²) in [6, 6.07) is 14.7. The van der Waals surface area contributed by atoms with Crippen molar-refractivity contribution in [2.75, 3.05) is 6.61 Å². The van der Waals surface area contributed by atoms with Crippen LogP contribution in [0.3, 0.4) is 0 Å². The predicted molar refractivity (Wildman–Crippen MR) is 105 cm³/mol. The Morgan fingerprint density at radius 2 is 1.70 bits per heavy atom. The Kier molecular flexibility index (Phi) is 6.05. The van der Waals surface area contributed by atoms with Crippen molar-refractivity contribution in [1.82, 2.24) is 9.55 Å². The molecule has 0 radical (unpaired) electrons. The number of rotatable bonds is 8. The van der Waals surface area contributed by atoms with Crippen LogP contribution >= 0.6 is 0 Å². The third-order valence-electron chi connectivity index (χ3n) is 4.05. The minimum absolute atomic E-state index is 0.0560. The number of hydrogen-bond donors (Lipinski definition) is 0. The molecule has 0 N–H and O–H groups in total. The van der Waals surface area contributed by atoms with Crippen LogP contribution in [0.15, 0.2) is 67.0 Å². The molecular weight excluding hydrogens is 340 g/mol. The summed E-state index contributed by atoms with van der Waals surface area (Å²) in [5, 5.41) is 0. The molecule has 2 aromatic carbocycles. The first-order valence-corrected chi connectivity index (χ1v) is 8.80. The lowest BCUT2D eigenvalue weighted by molar-refractivity contribution is 0.104. The molecule has 138 valence electrons. The van der Waals surface area contributed by atoms with Gasteiger partial charge in [-0.3, -0.25) is 4.79 Å². The zero-order valence-electron chi connectivity index (χ0n) is 15.5. The lowest BCUT2D eigenvalue weighted by Crippen LogP contribution is -2.03. The lowest BCUT2D eigenvalue weighted by atomic mass is 10.1. The fraction of sp³-hybridized carbons (Fsp3) is 0.182. The van der Waals surface area contributed by atoms with Gasteiger partial charge in [0.2, 0.25) is 0 Å². The zero-order chi connectivity index (χ0) is 19.1. The van der Waals surface area contributed by atoms with Crippen LogP contribution in [0.1, 0.15) is 28.7 Å². The van der Waals surface area contributed by atoms with Gasteiger partial charge in [-0.05, 0) is 55.0 Å². The number of carbonyl (C=O) groups excluding carboxylic acids is 1. The van der Waals surface area contributed by atoms with Crippen molar-refractivity contribution >= 4 is 11.9 Å². The van der Waals surface area contributed by atoms with Crippen molar-refractivity contribution in [3.63, 3.8) is 0 Å². The van der Waals surface area contributed by atoms with Crippen LogP contribution in [0.4, 0.5) is 0 Å². The van der Waals surface area contributed by atoms with E-state index in [0.717, 1.165) is 17.1 Å². The van der Waals surface area contributed by atoms with Crippen LogP contribution < -0.4 is 9.47 Å². The number of benzene rings is 2. The summed E-state index contributed by atoms with van der Waals surface area (Å²) in [5.74, 6) is 2.31. The average Bonchev–Trinajstić information content (AvgIpc) is 3.11. The maximum Gasteiger partial charge on any atom is 0.185 e. The monoisotopic (exact) mass is 362 g/mol. The van der Waals surface area contributed by atoms with Gasteiger partial charge in [0.15, 0.2) is 5.78 Å². The lowest BCUT2D eigenvalue weighted by Gasteiger charge is -2.06. The van der Waals surface area contributed by atoms with Crippen LogP contribution in [-0.4, -0.2) is 21.9 Å². The highest BCUT2D eigenvalue weighted by Crippen LogP contribution is 2.16. The first-order valence-electron chi connectivity index (χ1n) is 8.80. The Hall–Kier alpha value is -3.34. The van der Waals surface area contributed by atoms with Gasteiger partial charge in [-0.15, -0.1) is 0 Å². The van der Waals surface area contributed by atoms with E-state index in [1.807, 2.05) is 49.0 Å². The first kappa shape index (κ1) is 18.5. The summed E-state index contributed by atoms with van der Waals surface area (Å²) >= 11 is 0. The van der Waals surface area contributed by atoms with Gasteiger partial charge in [0.25, 0.3) is 0 Å². The van der Waals surface area contributed by atoms with E-state index in [1.165, 1.54) is 0 Å².